The van der Waals surface area contributed by atoms with E-state index in [4.69, 9.17) is 20.5 Å². The molecular formula is C16H13N3O4. The molecule has 1 heterocycles. The summed E-state index contributed by atoms with van der Waals surface area (Å²) < 4.78 is 10.2. The van der Waals surface area contributed by atoms with Crippen LogP contribution < -0.4 is 10.5 Å². The molecule has 0 fully saturated rings. The van der Waals surface area contributed by atoms with Crippen LogP contribution in [0.15, 0.2) is 42.6 Å². The number of amides is 1. The van der Waals surface area contributed by atoms with E-state index in [2.05, 4.69) is 4.98 Å². The van der Waals surface area contributed by atoms with Crippen LogP contribution in [0.5, 0.6) is 5.75 Å². The van der Waals surface area contributed by atoms with Gasteiger partial charge in [0.1, 0.15) is 18.4 Å². The molecule has 0 atom stereocenters. The molecule has 0 aliphatic rings. The Hall–Kier alpha value is -3.40. The van der Waals surface area contributed by atoms with Crippen LogP contribution in [0, 0.1) is 11.3 Å². The number of benzene rings is 1. The highest BCUT2D eigenvalue weighted by Crippen LogP contribution is 2.17. The SMILES string of the molecule is N#Cc1ccc(COC(=O)COc2ccccc2C(N)=O)nc1. The molecule has 0 bridgehead atoms. The van der Waals surface area contributed by atoms with E-state index >= 15 is 0 Å². The molecule has 1 aromatic carbocycles. The number of esters is 1. The number of hydrogen-bond acceptors (Lipinski definition) is 6. The maximum absolute atomic E-state index is 11.7. The quantitative estimate of drug-likeness (QED) is 0.801. The first-order valence-corrected chi connectivity index (χ1v) is 6.62. The van der Waals surface area contributed by atoms with Crippen molar-refractivity contribution in [2.75, 3.05) is 6.61 Å². The monoisotopic (exact) mass is 311 g/mol. The number of nitrogens with two attached hydrogens (primary N) is 1. The minimum atomic E-state index is -0.643. The smallest absolute Gasteiger partial charge is 0.344 e. The zero-order valence-electron chi connectivity index (χ0n) is 12.1. The average molecular weight is 311 g/mol. The van der Waals surface area contributed by atoms with Gasteiger partial charge in [-0.25, -0.2) is 4.79 Å². The third-order valence-corrected chi connectivity index (χ3v) is 2.83. The Kier molecular flexibility index (Phi) is 5.25. The number of rotatable bonds is 6. The number of carbonyl (C=O) groups is 2. The molecule has 7 nitrogen and oxygen atoms in total. The van der Waals surface area contributed by atoms with Gasteiger partial charge >= 0.3 is 5.97 Å². The Morgan fingerprint density at radius 1 is 1.22 bits per heavy atom. The molecule has 0 unspecified atom stereocenters. The number of nitrogens with zero attached hydrogens (tertiary/aromatic N) is 2. The maximum Gasteiger partial charge on any atom is 0.344 e. The number of primary amides is 1. The van der Waals surface area contributed by atoms with Gasteiger partial charge in [0.15, 0.2) is 6.61 Å². The third-order valence-electron chi connectivity index (χ3n) is 2.83. The van der Waals surface area contributed by atoms with Gasteiger partial charge in [0.25, 0.3) is 5.91 Å². The highest BCUT2D eigenvalue weighted by Gasteiger charge is 2.11. The molecule has 0 saturated carbocycles. The minimum absolute atomic E-state index is 0.0363. The zero-order valence-corrected chi connectivity index (χ0v) is 12.1. The number of nitriles is 1. The van der Waals surface area contributed by atoms with E-state index < -0.39 is 11.9 Å². The molecule has 1 amide bonds. The number of carbonyl (C=O) groups excluding carboxylic acids is 2. The van der Waals surface area contributed by atoms with Gasteiger partial charge in [-0.05, 0) is 24.3 Å². The van der Waals surface area contributed by atoms with Gasteiger partial charge in [0.2, 0.25) is 0 Å². The molecule has 1 aromatic heterocycles. The fourth-order valence-electron chi connectivity index (χ4n) is 1.70. The molecule has 7 heteroatoms. The van der Waals surface area contributed by atoms with Crippen LogP contribution in [-0.2, 0) is 16.1 Å². The molecule has 2 aromatic rings. The maximum atomic E-state index is 11.7. The van der Waals surface area contributed by atoms with E-state index in [-0.39, 0.29) is 24.5 Å². The number of para-hydroxylation sites is 1. The number of aromatic nitrogens is 1. The van der Waals surface area contributed by atoms with Crippen molar-refractivity contribution in [1.29, 1.82) is 5.26 Å². The normalized spacial score (nSPS) is 9.70. The topological polar surface area (TPSA) is 115 Å². The average Bonchev–Trinajstić information content (AvgIpc) is 2.58. The molecule has 0 aliphatic carbocycles. The van der Waals surface area contributed by atoms with Crippen molar-refractivity contribution in [3.63, 3.8) is 0 Å². The summed E-state index contributed by atoms with van der Waals surface area (Å²) in [6.07, 6.45) is 1.39. The molecule has 0 radical (unpaired) electrons. The Balaban J connectivity index is 1.86. The van der Waals surface area contributed by atoms with Crippen LogP contribution in [0.1, 0.15) is 21.6 Å². The first kappa shape index (κ1) is 16.0. The van der Waals surface area contributed by atoms with E-state index in [0.29, 0.717) is 11.3 Å². The third kappa shape index (κ3) is 4.54. The summed E-state index contributed by atoms with van der Waals surface area (Å²) in [7, 11) is 0. The number of hydrogen-bond donors (Lipinski definition) is 1. The van der Waals surface area contributed by atoms with Crippen LogP contribution in [0.25, 0.3) is 0 Å². The molecule has 0 aliphatic heterocycles. The van der Waals surface area contributed by atoms with Gasteiger partial charge in [-0.2, -0.15) is 5.26 Å². The van der Waals surface area contributed by atoms with Gasteiger partial charge in [-0.3, -0.25) is 9.78 Å². The molecule has 0 saturated heterocycles. The summed E-state index contributed by atoms with van der Waals surface area (Å²) in [5.74, 6) is -1.04. The molecule has 116 valence electrons. The highest BCUT2D eigenvalue weighted by molar-refractivity contribution is 5.95. The summed E-state index contributed by atoms with van der Waals surface area (Å²) in [5.41, 5.74) is 6.33. The van der Waals surface area contributed by atoms with Crippen molar-refractivity contribution in [2.45, 2.75) is 6.61 Å². The van der Waals surface area contributed by atoms with Gasteiger partial charge in [-0.1, -0.05) is 12.1 Å². The van der Waals surface area contributed by atoms with Crippen molar-refractivity contribution in [3.8, 4) is 11.8 Å². The lowest BCUT2D eigenvalue weighted by atomic mass is 10.2. The number of pyridine rings is 1. The summed E-state index contributed by atoms with van der Waals surface area (Å²) in [6.45, 7) is -0.397. The second kappa shape index (κ2) is 7.56. The van der Waals surface area contributed by atoms with Crippen LogP contribution in [0.2, 0.25) is 0 Å². The second-order valence-corrected chi connectivity index (χ2v) is 4.46. The Morgan fingerprint density at radius 3 is 2.65 bits per heavy atom. The largest absolute Gasteiger partial charge is 0.481 e. The van der Waals surface area contributed by atoms with Crippen LogP contribution in [0.3, 0.4) is 0 Å². The van der Waals surface area contributed by atoms with Gasteiger partial charge in [-0.15, -0.1) is 0 Å². The molecule has 0 spiro atoms. The molecule has 2 N–H and O–H groups in total. The Labute approximate surface area is 132 Å². The summed E-state index contributed by atoms with van der Waals surface area (Å²) in [6, 6.07) is 11.5. The van der Waals surface area contributed by atoms with Gasteiger partial charge in [0.05, 0.1) is 16.8 Å². The van der Waals surface area contributed by atoms with Crippen LogP contribution >= 0.6 is 0 Å². The van der Waals surface area contributed by atoms with Crippen molar-refractivity contribution in [2.24, 2.45) is 5.73 Å². The first-order valence-electron chi connectivity index (χ1n) is 6.62. The predicted molar refractivity (Wildman–Crippen MR) is 79.2 cm³/mol. The van der Waals surface area contributed by atoms with Crippen LogP contribution in [-0.4, -0.2) is 23.5 Å². The van der Waals surface area contributed by atoms with E-state index in [1.807, 2.05) is 6.07 Å². The zero-order chi connectivity index (χ0) is 16.7. The van der Waals surface area contributed by atoms with Gasteiger partial charge < -0.3 is 15.2 Å². The highest BCUT2D eigenvalue weighted by atomic mass is 16.6. The predicted octanol–water partition coefficient (Wildman–Crippen LogP) is 1.17. The minimum Gasteiger partial charge on any atom is -0.481 e. The van der Waals surface area contributed by atoms with Crippen molar-refractivity contribution in [3.05, 3.63) is 59.4 Å². The fourth-order valence-corrected chi connectivity index (χ4v) is 1.70. The Morgan fingerprint density at radius 2 is 2.00 bits per heavy atom. The van der Waals surface area contributed by atoms with E-state index in [9.17, 15) is 9.59 Å². The molecule has 2 rings (SSSR count). The van der Waals surface area contributed by atoms with Crippen molar-refractivity contribution >= 4 is 11.9 Å². The Bertz CT molecular complexity index is 751. The lowest BCUT2D eigenvalue weighted by molar-refractivity contribution is -0.147. The molecule has 23 heavy (non-hydrogen) atoms. The lowest BCUT2D eigenvalue weighted by Gasteiger charge is -2.09. The van der Waals surface area contributed by atoms with Crippen LogP contribution in [0.4, 0.5) is 0 Å². The van der Waals surface area contributed by atoms with E-state index in [1.165, 1.54) is 18.3 Å². The molecular weight excluding hydrogens is 298 g/mol. The second-order valence-electron chi connectivity index (χ2n) is 4.46. The summed E-state index contributed by atoms with van der Waals surface area (Å²) in [4.78, 5) is 26.9. The number of ether oxygens (including phenoxy) is 2. The standard InChI is InChI=1S/C16H13N3O4/c17-7-11-5-6-12(19-8-11)9-23-15(20)10-22-14-4-2-1-3-13(14)16(18)21/h1-6,8H,9-10H2,(H2,18,21). The van der Waals surface area contributed by atoms with Gasteiger partial charge in [0, 0.05) is 6.20 Å². The van der Waals surface area contributed by atoms with E-state index in [1.54, 1.807) is 24.3 Å². The van der Waals surface area contributed by atoms with Crippen molar-refractivity contribution in [1.82, 2.24) is 4.98 Å². The summed E-state index contributed by atoms with van der Waals surface area (Å²) >= 11 is 0. The van der Waals surface area contributed by atoms with Crippen molar-refractivity contribution < 1.29 is 19.1 Å². The fraction of sp³-hybridized carbons (Fsp3) is 0.125. The first-order chi connectivity index (χ1) is 11.1. The summed E-state index contributed by atoms with van der Waals surface area (Å²) in [5, 5.41) is 8.66. The van der Waals surface area contributed by atoms with E-state index in [0.717, 1.165) is 0 Å². The lowest BCUT2D eigenvalue weighted by Crippen LogP contribution is -2.18.